The highest BCUT2D eigenvalue weighted by atomic mass is 16.7. The average molecular weight is 529 g/mol. The van der Waals surface area contributed by atoms with Crippen LogP contribution in [-0.4, -0.2) is 57.7 Å². The molecule has 0 radical (unpaired) electrons. The van der Waals surface area contributed by atoms with Crippen LogP contribution in [0.3, 0.4) is 0 Å². The molecule has 12 nitrogen and oxygen atoms in total. The molecule has 2 amide bonds. The standard InChI is InChI=1S/C27H22N4O8/c1-4-38-27(37)21-18(14(3)31(28-21)17-9-5-13(2)6-10-17)22(32)20-19-23(39-29-20)25(34)30(24(19)33)16-11-7-15(8-12-16)26(35)36/h5-12,19,23H,4H2,1-3H3,(H,35,36)/p-1/t19-,23+/m1/s1. The molecule has 5 rings (SSSR count). The van der Waals surface area contributed by atoms with E-state index in [1.165, 1.54) is 28.9 Å². The lowest BCUT2D eigenvalue weighted by molar-refractivity contribution is -0.255. The number of aromatic nitrogens is 2. The smallest absolute Gasteiger partial charge is 0.359 e. The lowest BCUT2D eigenvalue weighted by Gasteiger charge is -2.16. The third-order valence-corrected chi connectivity index (χ3v) is 6.50. The van der Waals surface area contributed by atoms with Crippen LogP contribution in [0.25, 0.3) is 5.69 Å². The van der Waals surface area contributed by atoms with Crippen LogP contribution in [-0.2, 0) is 19.2 Å². The molecule has 2 aliphatic heterocycles. The predicted molar refractivity (Wildman–Crippen MR) is 132 cm³/mol. The lowest BCUT2D eigenvalue weighted by Crippen LogP contribution is -2.35. The molecule has 0 unspecified atom stereocenters. The Balaban J connectivity index is 1.52. The molecule has 0 bridgehead atoms. The highest BCUT2D eigenvalue weighted by Crippen LogP contribution is 2.35. The van der Waals surface area contributed by atoms with Crippen LogP contribution < -0.4 is 10.0 Å². The molecule has 12 heteroatoms. The summed E-state index contributed by atoms with van der Waals surface area (Å²) in [5.41, 5.74) is 1.08. The van der Waals surface area contributed by atoms with Crippen molar-refractivity contribution in [3.05, 3.63) is 76.6 Å². The number of rotatable bonds is 7. The van der Waals surface area contributed by atoms with Crippen LogP contribution in [0.5, 0.6) is 0 Å². The first-order valence-corrected chi connectivity index (χ1v) is 12.0. The molecular weight excluding hydrogens is 508 g/mol. The maximum absolute atomic E-state index is 13.8. The van der Waals surface area contributed by atoms with Crippen molar-refractivity contribution in [2.24, 2.45) is 11.1 Å². The topological polar surface area (TPSA) is 160 Å². The van der Waals surface area contributed by atoms with Crippen molar-refractivity contribution in [1.29, 1.82) is 0 Å². The molecule has 2 atom stereocenters. The molecule has 3 aromatic rings. The molecule has 3 heterocycles. The van der Waals surface area contributed by atoms with E-state index < -0.39 is 41.6 Å². The summed E-state index contributed by atoms with van der Waals surface area (Å²) in [7, 11) is 0. The fourth-order valence-corrected chi connectivity index (χ4v) is 4.55. The van der Waals surface area contributed by atoms with Crippen LogP contribution in [0.1, 0.15) is 49.4 Å². The number of hydrogen-bond donors (Lipinski definition) is 0. The fraction of sp³-hybridized carbons (Fsp3) is 0.222. The Labute approximate surface area is 221 Å². The minimum atomic E-state index is -1.42. The Bertz CT molecular complexity index is 1570. The first kappa shape index (κ1) is 25.5. The molecule has 2 aromatic carbocycles. The SMILES string of the molecule is CCOC(=O)c1nn(-c2ccc(C)cc2)c(C)c1C(=O)C1=NO[C@@H]2C(=O)N(c3ccc(C(=O)[O-])cc3)C(=O)[C@H]12. The van der Waals surface area contributed by atoms with E-state index in [2.05, 4.69) is 10.3 Å². The zero-order valence-electron chi connectivity index (χ0n) is 21.0. The number of fused-ring (bicyclic) bond motifs is 1. The van der Waals surface area contributed by atoms with Gasteiger partial charge in [-0.05, 0) is 50.6 Å². The van der Waals surface area contributed by atoms with Gasteiger partial charge in [-0.15, -0.1) is 0 Å². The quantitative estimate of drug-likeness (QED) is 0.248. The minimum Gasteiger partial charge on any atom is -0.545 e. The van der Waals surface area contributed by atoms with E-state index in [-0.39, 0.29) is 34.8 Å². The van der Waals surface area contributed by atoms with E-state index in [0.29, 0.717) is 11.4 Å². The molecule has 198 valence electrons. The van der Waals surface area contributed by atoms with Crippen molar-refractivity contribution in [1.82, 2.24) is 9.78 Å². The second-order valence-electron chi connectivity index (χ2n) is 8.93. The number of carboxylic acid groups (broad SMARTS) is 1. The van der Waals surface area contributed by atoms with Gasteiger partial charge < -0.3 is 19.5 Å². The van der Waals surface area contributed by atoms with Gasteiger partial charge in [0.2, 0.25) is 17.8 Å². The minimum absolute atomic E-state index is 0.0380. The zero-order valence-corrected chi connectivity index (χ0v) is 21.0. The van der Waals surface area contributed by atoms with Gasteiger partial charge in [-0.2, -0.15) is 5.10 Å². The fourth-order valence-electron chi connectivity index (χ4n) is 4.55. The van der Waals surface area contributed by atoms with E-state index in [9.17, 15) is 29.1 Å². The van der Waals surface area contributed by atoms with E-state index in [0.717, 1.165) is 10.5 Å². The number of anilines is 1. The Morgan fingerprint density at radius 3 is 2.23 bits per heavy atom. The van der Waals surface area contributed by atoms with Gasteiger partial charge in [0.15, 0.2) is 5.69 Å². The summed E-state index contributed by atoms with van der Waals surface area (Å²) in [4.78, 5) is 70.1. The number of ketones is 1. The number of carboxylic acids is 1. The molecule has 0 spiro atoms. The molecule has 0 saturated carbocycles. The number of carbonyl (C=O) groups excluding carboxylic acids is 5. The average Bonchev–Trinajstić information content (AvgIpc) is 3.57. The summed E-state index contributed by atoms with van der Waals surface area (Å²) in [5, 5.41) is 19.2. The monoisotopic (exact) mass is 529 g/mol. The number of esters is 1. The number of Topliss-reactive ketones (excluding diaryl/α,β-unsaturated/α-hetero) is 1. The van der Waals surface area contributed by atoms with E-state index in [4.69, 9.17) is 9.57 Å². The van der Waals surface area contributed by atoms with Gasteiger partial charge in [0.05, 0.1) is 35.2 Å². The zero-order chi connectivity index (χ0) is 28.0. The van der Waals surface area contributed by atoms with Crippen LogP contribution in [0.4, 0.5) is 5.69 Å². The largest absolute Gasteiger partial charge is 0.545 e. The molecule has 1 aromatic heterocycles. The van der Waals surface area contributed by atoms with Crippen molar-refractivity contribution in [3.63, 3.8) is 0 Å². The van der Waals surface area contributed by atoms with Crippen LogP contribution in [0.15, 0.2) is 53.7 Å². The summed E-state index contributed by atoms with van der Waals surface area (Å²) >= 11 is 0. The molecule has 2 aliphatic rings. The van der Waals surface area contributed by atoms with Crippen molar-refractivity contribution in [2.75, 3.05) is 11.5 Å². The number of benzene rings is 2. The maximum Gasteiger partial charge on any atom is 0.359 e. The van der Waals surface area contributed by atoms with Crippen LogP contribution in [0.2, 0.25) is 0 Å². The first-order chi connectivity index (χ1) is 18.6. The number of nitrogens with zero attached hydrogens (tertiary/aromatic N) is 4. The summed E-state index contributed by atoms with van der Waals surface area (Å²) < 4.78 is 6.53. The van der Waals surface area contributed by atoms with Crippen molar-refractivity contribution in [3.8, 4) is 5.69 Å². The second kappa shape index (κ2) is 9.63. The normalized spacial score (nSPS) is 18.0. The third kappa shape index (κ3) is 4.15. The van der Waals surface area contributed by atoms with Gasteiger partial charge >= 0.3 is 5.97 Å². The molecule has 39 heavy (non-hydrogen) atoms. The molecule has 1 saturated heterocycles. The Morgan fingerprint density at radius 1 is 0.974 bits per heavy atom. The van der Waals surface area contributed by atoms with E-state index >= 15 is 0 Å². The number of oxime groups is 1. The maximum atomic E-state index is 13.8. The number of carbonyl (C=O) groups is 5. The molecule has 0 aliphatic carbocycles. The number of amides is 2. The van der Waals surface area contributed by atoms with Gasteiger partial charge in [-0.3, -0.25) is 14.4 Å². The molecule has 1 fully saturated rings. The first-order valence-electron chi connectivity index (χ1n) is 12.0. The number of aromatic carboxylic acids is 1. The summed E-state index contributed by atoms with van der Waals surface area (Å²) in [6.07, 6.45) is -1.39. The third-order valence-electron chi connectivity index (χ3n) is 6.50. The predicted octanol–water partition coefficient (Wildman–Crippen LogP) is 1.16. The van der Waals surface area contributed by atoms with Gasteiger partial charge in [0, 0.05) is 0 Å². The number of ether oxygens (including phenoxy) is 1. The highest BCUT2D eigenvalue weighted by Gasteiger charge is 2.58. The Kier molecular flexibility index (Phi) is 6.30. The van der Waals surface area contributed by atoms with Crippen molar-refractivity contribution < 1.29 is 38.7 Å². The highest BCUT2D eigenvalue weighted by molar-refractivity contribution is 6.53. The van der Waals surface area contributed by atoms with Crippen molar-refractivity contribution >= 4 is 40.9 Å². The lowest BCUT2D eigenvalue weighted by atomic mass is 9.92. The Morgan fingerprint density at radius 2 is 1.62 bits per heavy atom. The van der Waals surface area contributed by atoms with Gasteiger partial charge in [-0.1, -0.05) is 35.0 Å². The van der Waals surface area contributed by atoms with Gasteiger partial charge in [-0.25, -0.2) is 14.4 Å². The van der Waals surface area contributed by atoms with Crippen LogP contribution >= 0.6 is 0 Å². The Hall–Kier alpha value is -5.13. The number of aryl methyl sites for hydroxylation is 1. The number of imide groups is 1. The van der Waals surface area contributed by atoms with Crippen LogP contribution in [0, 0.1) is 19.8 Å². The summed E-state index contributed by atoms with van der Waals surface area (Å²) in [6.45, 7) is 5.15. The van der Waals surface area contributed by atoms with E-state index in [1.54, 1.807) is 26.0 Å². The van der Waals surface area contributed by atoms with Gasteiger partial charge in [0.1, 0.15) is 11.6 Å². The molecule has 0 N–H and O–H groups in total. The summed E-state index contributed by atoms with van der Waals surface area (Å²) in [6, 6.07) is 12.2. The number of hydrogen-bond acceptors (Lipinski definition) is 10. The van der Waals surface area contributed by atoms with Crippen molar-refractivity contribution in [2.45, 2.75) is 26.9 Å². The second-order valence-corrected chi connectivity index (χ2v) is 8.93. The molecular formula is C27H21N4O8-. The van der Waals surface area contributed by atoms with Gasteiger partial charge in [0.25, 0.3) is 5.91 Å². The van der Waals surface area contributed by atoms with E-state index in [1.807, 2.05) is 19.1 Å². The summed E-state index contributed by atoms with van der Waals surface area (Å²) in [5.74, 6) is -5.98.